The van der Waals surface area contributed by atoms with Crippen molar-refractivity contribution in [2.75, 3.05) is 31.6 Å². The lowest BCUT2D eigenvalue weighted by Gasteiger charge is -2.32. The van der Waals surface area contributed by atoms with E-state index in [1.807, 2.05) is 0 Å². The van der Waals surface area contributed by atoms with Crippen LogP contribution in [0.4, 0.5) is 5.82 Å². The zero-order chi connectivity index (χ0) is 13.0. The minimum absolute atomic E-state index is 0.241. The van der Waals surface area contributed by atoms with Gasteiger partial charge in [0.2, 0.25) is 0 Å². The largest absolute Gasteiger partial charge is 0.464 e. The van der Waals surface area contributed by atoms with E-state index in [1.165, 1.54) is 13.3 Å². The van der Waals surface area contributed by atoms with Gasteiger partial charge in [0.25, 0.3) is 0 Å². The Morgan fingerprint density at radius 1 is 1.61 bits per heavy atom. The molecular weight excluding hydrogens is 232 g/mol. The van der Waals surface area contributed by atoms with Gasteiger partial charge in [0, 0.05) is 13.1 Å². The second-order valence-electron chi connectivity index (χ2n) is 4.44. The lowest BCUT2D eigenvalue weighted by atomic mass is 9.98. The monoisotopic (exact) mass is 250 g/mol. The average molecular weight is 250 g/mol. The average Bonchev–Trinajstić information content (AvgIpc) is 2.46. The van der Waals surface area contributed by atoms with Crippen molar-refractivity contribution in [3.05, 3.63) is 18.1 Å². The summed E-state index contributed by atoms with van der Waals surface area (Å²) in [5.41, 5.74) is 5.95. The van der Waals surface area contributed by atoms with E-state index in [9.17, 15) is 4.79 Å². The normalized spacial score (nSPS) is 19.7. The van der Waals surface area contributed by atoms with Gasteiger partial charge in [-0.05, 0) is 25.3 Å². The summed E-state index contributed by atoms with van der Waals surface area (Å²) in [6.07, 6.45) is 5.33. The first-order valence-electron chi connectivity index (χ1n) is 6.10. The lowest BCUT2D eigenvalue weighted by molar-refractivity contribution is 0.0593. The van der Waals surface area contributed by atoms with Crippen LogP contribution in [0.2, 0.25) is 0 Å². The molecule has 1 aromatic rings. The molecule has 6 nitrogen and oxygen atoms in total. The zero-order valence-corrected chi connectivity index (χ0v) is 10.5. The molecule has 1 atom stereocenters. The van der Waals surface area contributed by atoms with Crippen LogP contribution in [0.5, 0.6) is 0 Å². The quantitative estimate of drug-likeness (QED) is 0.784. The molecule has 1 aliphatic rings. The molecule has 0 aliphatic carbocycles. The van der Waals surface area contributed by atoms with Gasteiger partial charge in [0.15, 0.2) is 5.69 Å². The van der Waals surface area contributed by atoms with Gasteiger partial charge in [0.05, 0.1) is 19.5 Å². The Hall–Kier alpha value is -1.69. The van der Waals surface area contributed by atoms with Gasteiger partial charge in [-0.1, -0.05) is 0 Å². The molecule has 18 heavy (non-hydrogen) atoms. The van der Waals surface area contributed by atoms with Gasteiger partial charge in [-0.2, -0.15) is 0 Å². The molecule has 1 aromatic heterocycles. The number of esters is 1. The van der Waals surface area contributed by atoms with Crippen LogP contribution in [0.25, 0.3) is 0 Å². The van der Waals surface area contributed by atoms with E-state index in [0.29, 0.717) is 12.5 Å². The fourth-order valence-electron chi connectivity index (χ4n) is 2.18. The van der Waals surface area contributed by atoms with E-state index in [2.05, 4.69) is 19.6 Å². The molecule has 98 valence electrons. The van der Waals surface area contributed by atoms with E-state index in [0.717, 1.165) is 31.7 Å². The van der Waals surface area contributed by atoms with Crippen molar-refractivity contribution in [1.82, 2.24) is 9.97 Å². The number of anilines is 1. The Morgan fingerprint density at radius 2 is 2.44 bits per heavy atom. The number of rotatable bonds is 3. The summed E-state index contributed by atoms with van der Waals surface area (Å²) < 4.78 is 4.64. The van der Waals surface area contributed by atoms with E-state index >= 15 is 0 Å². The summed E-state index contributed by atoms with van der Waals surface area (Å²) in [6.45, 7) is 2.48. The molecule has 0 spiro atoms. The van der Waals surface area contributed by atoms with Crippen LogP contribution < -0.4 is 10.6 Å². The maximum absolute atomic E-state index is 11.4. The highest BCUT2D eigenvalue weighted by Crippen LogP contribution is 2.20. The Balaban J connectivity index is 2.15. The molecule has 2 heterocycles. The number of nitrogens with zero attached hydrogens (tertiary/aromatic N) is 3. The third-order valence-corrected chi connectivity index (χ3v) is 3.19. The highest BCUT2D eigenvalue weighted by Gasteiger charge is 2.21. The van der Waals surface area contributed by atoms with Crippen LogP contribution in [0.3, 0.4) is 0 Å². The Bertz CT molecular complexity index is 424. The second-order valence-corrected chi connectivity index (χ2v) is 4.44. The van der Waals surface area contributed by atoms with Gasteiger partial charge in [-0.25, -0.2) is 9.78 Å². The van der Waals surface area contributed by atoms with Crippen molar-refractivity contribution in [2.45, 2.75) is 12.8 Å². The molecule has 0 saturated carbocycles. The Morgan fingerprint density at radius 3 is 3.17 bits per heavy atom. The molecule has 1 fully saturated rings. The standard InChI is InChI=1S/C12H18N4O2/c1-18-12(17)10-6-14-7-11(15-10)16-4-2-3-9(5-13)8-16/h6-7,9H,2-5,8,13H2,1H3. The molecule has 0 amide bonds. The maximum Gasteiger partial charge on any atom is 0.358 e. The molecule has 2 rings (SSSR count). The van der Waals surface area contributed by atoms with E-state index in [4.69, 9.17) is 5.73 Å². The first kappa shape index (κ1) is 12.8. The summed E-state index contributed by atoms with van der Waals surface area (Å²) in [6, 6.07) is 0. The Kier molecular flexibility index (Phi) is 4.09. The third-order valence-electron chi connectivity index (χ3n) is 3.19. The lowest BCUT2D eigenvalue weighted by Crippen LogP contribution is -2.39. The fraction of sp³-hybridized carbons (Fsp3) is 0.583. The summed E-state index contributed by atoms with van der Waals surface area (Å²) in [5.74, 6) is 0.745. The number of aromatic nitrogens is 2. The van der Waals surface area contributed by atoms with E-state index < -0.39 is 5.97 Å². The van der Waals surface area contributed by atoms with Crippen LogP contribution in [-0.4, -0.2) is 42.7 Å². The van der Waals surface area contributed by atoms with Crippen molar-refractivity contribution >= 4 is 11.8 Å². The third kappa shape index (κ3) is 2.76. The molecule has 0 bridgehead atoms. The number of carbonyl (C=O) groups excluding carboxylic acids is 1. The van der Waals surface area contributed by atoms with Crippen LogP contribution in [0.15, 0.2) is 12.4 Å². The summed E-state index contributed by atoms with van der Waals surface area (Å²) in [5, 5.41) is 0. The second kappa shape index (κ2) is 5.77. The van der Waals surface area contributed by atoms with Crippen molar-refractivity contribution in [3.63, 3.8) is 0 Å². The van der Waals surface area contributed by atoms with Crippen molar-refractivity contribution in [3.8, 4) is 0 Å². The van der Waals surface area contributed by atoms with Gasteiger partial charge < -0.3 is 15.4 Å². The number of carbonyl (C=O) groups is 1. The molecular formula is C12H18N4O2. The SMILES string of the molecule is COC(=O)c1cncc(N2CCCC(CN)C2)n1. The van der Waals surface area contributed by atoms with Crippen molar-refractivity contribution < 1.29 is 9.53 Å². The van der Waals surface area contributed by atoms with Crippen LogP contribution in [0, 0.1) is 5.92 Å². The Labute approximate surface area is 106 Å². The van der Waals surface area contributed by atoms with Crippen LogP contribution in [0.1, 0.15) is 23.3 Å². The summed E-state index contributed by atoms with van der Waals surface area (Å²) in [7, 11) is 1.34. The molecule has 1 saturated heterocycles. The first-order valence-corrected chi connectivity index (χ1v) is 6.10. The fourth-order valence-corrected chi connectivity index (χ4v) is 2.18. The van der Waals surface area contributed by atoms with Crippen LogP contribution in [-0.2, 0) is 4.74 Å². The van der Waals surface area contributed by atoms with Crippen LogP contribution >= 0.6 is 0 Å². The highest BCUT2D eigenvalue weighted by molar-refractivity contribution is 5.87. The van der Waals surface area contributed by atoms with E-state index in [-0.39, 0.29) is 5.69 Å². The summed E-state index contributed by atoms with van der Waals surface area (Å²) in [4.78, 5) is 21.9. The zero-order valence-electron chi connectivity index (χ0n) is 10.5. The molecule has 0 radical (unpaired) electrons. The molecule has 1 unspecified atom stereocenters. The topological polar surface area (TPSA) is 81.3 Å². The number of piperidine rings is 1. The number of methoxy groups -OCH3 is 1. The van der Waals surface area contributed by atoms with E-state index in [1.54, 1.807) is 6.20 Å². The first-order chi connectivity index (χ1) is 8.74. The molecule has 2 N–H and O–H groups in total. The number of ether oxygens (including phenoxy) is 1. The maximum atomic E-state index is 11.4. The van der Waals surface area contributed by atoms with Gasteiger partial charge in [-0.3, -0.25) is 4.98 Å². The number of hydrogen-bond donors (Lipinski definition) is 1. The molecule has 6 heteroatoms. The highest BCUT2D eigenvalue weighted by atomic mass is 16.5. The predicted molar refractivity (Wildman–Crippen MR) is 67.4 cm³/mol. The predicted octanol–water partition coefficient (Wildman–Crippen LogP) is 0.438. The van der Waals surface area contributed by atoms with Crippen molar-refractivity contribution in [2.24, 2.45) is 11.7 Å². The summed E-state index contributed by atoms with van der Waals surface area (Å²) >= 11 is 0. The van der Waals surface area contributed by atoms with Gasteiger partial charge >= 0.3 is 5.97 Å². The number of hydrogen-bond acceptors (Lipinski definition) is 6. The molecule has 1 aliphatic heterocycles. The van der Waals surface area contributed by atoms with Crippen molar-refractivity contribution in [1.29, 1.82) is 0 Å². The number of nitrogens with two attached hydrogens (primary N) is 1. The molecule has 0 aromatic carbocycles. The van der Waals surface area contributed by atoms with Gasteiger partial charge in [0.1, 0.15) is 5.82 Å². The minimum Gasteiger partial charge on any atom is -0.464 e. The minimum atomic E-state index is -0.461. The smallest absolute Gasteiger partial charge is 0.358 e. The van der Waals surface area contributed by atoms with Gasteiger partial charge in [-0.15, -0.1) is 0 Å².